The summed E-state index contributed by atoms with van der Waals surface area (Å²) in [7, 11) is 0. The van der Waals surface area contributed by atoms with Crippen LogP contribution in [0.1, 0.15) is 16.7 Å². The van der Waals surface area contributed by atoms with Crippen molar-refractivity contribution in [2.24, 2.45) is 4.99 Å². The van der Waals surface area contributed by atoms with Crippen LogP contribution in [0.4, 0.5) is 10.5 Å². The molecule has 0 fully saturated rings. The summed E-state index contributed by atoms with van der Waals surface area (Å²) in [6.45, 7) is 1.50. The summed E-state index contributed by atoms with van der Waals surface area (Å²) in [5, 5.41) is 23.4. The average Bonchev–Trinajstić information content (AvgIpc) is 2.73. The molecule has 0 aliphatic rings. The Morgan fingerprint density at radius 2 is 1.77 bits per heavy atom. The van der Waals surface area contributed by atoms with Crippen molar-refractivity contribution in [3.05, 3.63) is 75.6 Å². The van der Waals surface area contributed by atoms with Crippen molar-refractivity contribution in [2.75, 3.05) is 5.32 Å². The molecule has 0 spiro atoms. The number of H-pyrrole nitrogens is 1. The number of aliphatic imine (C=N–C) groups is 1. The molecule has 146 valence electrons. The van der Waals surface area contributed by atoms with Gasteiger partial charge in [-0.05, 0) is 24.6 Å². The predicted molar refractivity (Wildman–Crippen MR) is 114 cm³/mol. The molecule has 0 bridgehead atoms. The largest absolute Gasteiger partial charge is 0.494 e. The van der Waals surface area contributed by atoms with Crippen LogP contribution in [0.25, 0.3) is 21.8 Å². The van der Waals surface area contributed by atoms with Gasteiger partial charge in [0, 0.05) is 17.0 Å². The number of carbonyl (C=O) groups is 1. The summed E-state index contributed by atoms with van der Waals surface area (Å²) in [6, 6.07) is 15.9. The number of fused-ring (bicyclic) bond motifs is 2. The smallest absolute Gasteiger partial charge is 0.345 e. The van der Waals surface area contributed by atoms with E-state index in [9.17, 15) is 14.7 Å². The Morgan fingerprint density at radius 3 is 2.37 bits per heavy atom. The highest BCUT2D eigenvalue weighted by atomic mass is 16.3. The summed E-state index contributed by atoms with van der Waals surface area (Å²) in [6.07, 6.45) is 1.11. The molecule has 0 aliphatic carbocycles. The second kappa shape index (κ2) is 7.48. The molecule has 2 heterocycles. The molecule has 8 heteroatoms. The van der Waals surface area contributed by atoms with E-state index >= 15 is 0 Å². The fourth-order valence-electron chi connectivity index (χ4n) is 3.25. The molecule has 4 rings (SSSR count). The number of aromatic nitrogens is 2. The Hall–Kier alpha value is -4.51. The molecule has 8 nitrogen and oxygen atoms in total. The lowest BCUT2D eigenvalue weighted by atomic mass is 10.1. The molecule has 0 saturated heterocycles. The number of urea groups is 1. The van der Waals surface area contributed by atoms with E-state index in [0.29, 0.717) is 5.69 Å². The number of benzene rings is 2. The Kier molecular flexibility index (Phi) is 4.70. The second-order valence-corrected chi connectivity index (χ2v) is 6.54. The zero-order valence-electron chi connectivity index (χ0n) is 15.8. The molecule has 0 atom stereocenters. The third-order valence-electron chi connectivity index (χ3n) is 4.74. The van der Waals surface area contributed by atoms with Gasteiger partial charge >= 0.3 is 6.03 Å². The molecule has 3 N–H and O–H groups in total. The van der Waals surface area contributed by atoms with Gasteiger partial charge in [-0.25, -0.2) is 14.8 Å². The SMILES string of the molecule is Cc1c(/C=N/C(=O)Nc2c3ccccc3nc3ccccc23)c(O)[nH]c(=O)c1C#N. The van der Waals surface area contributed by atoms with Crippen molar-refractivity contribution >= 4 is 39.7 Å². The monoisotopic (exact) mass is 397 g/mol. The van der Waals surface area contributed by atoms with Gasteiger partial charge in [-0.2, -0.15) is 5.26 Å². The number of amides is 2. The van der Waals surface area contributed by atoms with Crippen molar-refractivity contribution in [1.29, 1.82) is 5.26 Å². The lowest BCUT2D eigenvalue weighted by Crippen LogP contribution is -2.14. The van der Waals surface area contributed by atoms with Gasteiger partial charge in [0.05, 0.1) is 22.3 Å². The van der Waals surface area contributed by atoms with Crippen LogP contribution in [0.5, 0.6) is 5.88 Å². The van der Waals surface area contributed by atoms with E-state index in [1.807, 2.05) is 48.5 Å². The number of aromatic hydroxyl groups is 1. The minimum absolute atomic E-state index is 0.0887. The van der Waals surface area contributed by atoms with E-state index in [1.54, 1.807) is 6.07 Å². The molecule has 2 aromatic carbocycles. The maximum atomic E-state index is 12.6. The van der Waals surface area contributed by atoms with E-state index in [-0.39, 0.29) is 16.7 Å². The van der Waals surface area contributed by atoms with Crippen LogP contribution in [0.3, 0.4) is 0 Å². The van der Waals surface area contributed by atoms with Gasteiger partial charge in [-0.3, -0.25) is 9.78 Å². The van der Waals surface area contributed by atoms with E-state index in [1.165, 1.54) is 6.92 Å². The first kappa shape index (κ1) is 18.8. The maximum absolute atomic E-state index is 12.6. The molecule has 0 radical (unpaired) electrons. The number of hydrogen-bond acceptors (Lipinski definition) is 5. The van der Waals surface area contributed by atoms with Gasteiger partial charge in [0.15, 0.2) is 0 Å². The Balaban J connectivity index is 1.74. The molecule has 4 aromatic rings. The van der Waals surface area contributed by atoms with Crippen molar-refractivity contribution in [1.82, 2.24) is 9.97 Å². The van der Waals surface area contributed by atoms with E-state index < -0.39 is 17.5 Å². The number of pyridine rings is 2. The third kappa shape index (κ3) is 3.25. The summed E-state index contributed by atoms with van der Waals surface area (Å²) >= 11 is 0. The first-order valence-electron chi connectivity index (χ1n) is 8.98. The highest BCUT2D eigenvalue weighted by Crippen LogP contribution is 2.30. The van der Waals surface area contributed by atoms with Crippen LogP contribution in [-0.4, -0.2) is 27.3 Å². The van der Waals surface area contributed by atoms with Gasteiger partial charge in [-0.1, -0.05) is 36.4 Å². The first-order valence-corrected chi connectivity index (χ1v) is 8.98. The fraction of sp³-hybridized carbons (Fsp3) is 0.0455. The first-order chi connectivity index (χ1) is 14.5. The molecule has 0 unspecified atom stereocenters. The molecular weight excluding hydrogens is 382 g/mol. The van der Waals surface area contributed by atoms with Crippen molar-refractivity contribution in [2.45, 2.75) is 6.92 Å². The molecule has 0 aliphatic heterocycles. The highest BCUT2D eigenvalue weighted by Gasteiger charge is 2.14. The number of nitrogens with zero attached hydrogens (tertiary/aromatic N) is 3. The normalized spacial score (nSPS) is 11.1. The summed E-state index contributed by atoms with van der Waals surface area (Å²) in [4.78, 5) is 34.9. The predicted octanol–water partition coefficient (Wildman–Crippen LogP) is 3.61. The quantitative estimate of drug-likeness (QED) is 0.351. The van der Waals surface area contributed by atoms with Crippen LogP contribution in [-0.2, 0) is 0 Å². The lowest BCUT2D eigenvalue weighted by Gasteiger charge is -2.10. The van der Waals surface area contributed by atoms with Crippen LogP contribution in [0.2, 0.25) is 0 Å². The standard InChI is InChI=1S/C22H15N5O3/c1-12-15(10-23)20(28)27-21(29)16(12)11-24-22(30)26-19-13-6-2-4-8-17(13)25-18-9-5-3-7-14(18)19/h2-9,11H,1H3,(H,25,26,30)(H2,27,28,29)/b24-11+. The van der Waals surface area contributed by atoms with Gasteiger partial charge in [0.25, 0.3) is 5.56 Å². The minimum atomic E-state index is -0.705. The van der Waals surface area contributed by atoms with Crippen molar-refractivity contribution < 1.29 is 9.90 Å². The number of nitriles is 1. The van der Waals surface area contributed by atoms with E-state index in [4.69, 9.17) is 5.26 Å². The number of nitrogens with one attached hydrogen (secondary N) is 2. The number of anilines is 1. The molecule has 30 heavy (non-hydrogen) atoms. The molecule has 2 amide bonds. The number of hydrogen-bond donors (Lipinski definition) is 3. The zero-order valence-corrected chi connectivity index (χ0v) is 15.8. The van der Waals surface area contributed by atoms with E-state index in [0.717, 1.165) is 28.0 Å². The zero-order chi connectivity index (χ0) is 21.3. The van der Waals surface area contributed by atoms with Gasteiger partial charge in [0.1, 0.15) is 11.6 Å². The van der Waals surface area contributed by atoms with Crippen molar-refractivity contribution in [3.63, 3.8) is 0 Å². The van der Waals surface area contributed by atoms with Crippen LogP contribution in [0.15, 0.2) is 58.3 Å². The minimum Gasteiger partial charge on any atom is -0.494 e. The Labute approximate surface area is 170 Å². The fourth-order valence-corrected chi connectivity index (χ4v) is 3.25. The van der Waals surface area contributed by atoms with Crippen LogP contribution in [0, 0.1) is 18.3 Å². The molecule has 0 saturated carbocycles. The molecule has 2 aromatic heterocycles. The topological polar surface area (TPSA) is 131 Å². The van der Waals surface area contributed by atoms with E-state index in [2.05, 4.69) is 20.3 Å². The number of aromatic amines is 1. The van der Waals surface area contributed by atoms with Gasteiger partial charge < -0.3 is 10.4 Å². The van der Waals surface area contributed by atoms with Crippen LogP contribution < -0.4 is 10.9 Å². The lowest BCUT2D eigenvalue weighted by molar-refractivity contribution is 0.260. The number of rotatable bonds is 2. The Bertz CT molecular complexity index is 1390. The second-order valence-electron chi connectivity index (χ2n) is 6.54. The number of carbonyl (C=O) groups excluding carboxylic acids is 1. The summed E-state index contributed by atoms with van der Waals surface area (Å²) in [5.74, 6) is -0.465. The highest BCUT2D eigenvalue weighted by molar-refractivity contribution is 6.13. The molecular formula is C22H15N5O3. The summed E-state index contributed by atoms with van der Waals surface area (Å²) in [5.41, 5.74) is 1.48. The van der Waals surface area contributed by atoms with Gasteiger partial charge in [0.2, 0.25) is 5.88 Å². The third-order valence-corrected chi connectivity index (χ3v) is 4.74. The summed E-state index contributed by atoms with van der Waals surface area (Å²) < 4.78 is 0. The average molecular weight is 397 g/mol. The van der Waals surface area contributed by atoms with Crippen molar-refractivity contribution in [3.8, 4) is 11.9 Å². The van der Waals surface area contributed by atoms with Crippen LogP contribution >= 0.6 is 0 Å². The Morgan fingerprint density at radius 1 is 1.17 bits per heavy atom. The number of para-hydroxylation sites is 2. The van der Waals surface area contributed by atoms with Gasteiger partial charge in [-0.15, -0.1) is 0 Å². The maximum Gasteiger partial charge on any atom is 0.345 e.